The molecule has 2 rings (SSSR count). The molecular formula is C21H29ClO2SSi. The van der Waals surface area contributed by atoms with E-state index in [1.54, 1.807) is 0 Å². The molecule has 26 heavy (non-hydrogen) atoms. The number of rotatable bonds is 7. The first-order valence-electron chi connectivity index (χ1n) is 9.00. The Balaban J connectivity index is 2.69. The van der Waals surface area contributed by atoms with Crippen molar-refractivity contribution < 1.29 is 8.42 Å². The highest BCUT2D eigenvalue weighted by Gasteiger charge is 2.50. The second kappa shape index (κ2) is 8.28. The Labute approximate surface area is 164 Å². The maximum absolute atomic E-state index is 13.2. The highest BCUT2D eigenvalue weighted by molar-refractivity contribution is 7.93. The first-order valence-corrected chi connectivity index (χ1v) is 13.6. The molecule has 0 radical (unpaired) electrons. The zero-order valence-corrected chi connectivity index (χ0v) is 18.6. The lowest BCUT2D eigenvalue weighted by molar-refractivity contribution is 0.586. The summed E-state index contributed by atoms with van der Waals surface area (Å²) in [7, 11) is -5.85. The highest BCUT2D eigenvalue weighted by Crippen LogP contribution is 2.37. The third kappa shape index (κ3) is 4.59. The Hall–Kier alpha value is -1.10. The molecule has 0 spiro atoms. The lowest BCUT2D eigenvalue weighted by Crippen LogP contribution is -2.68. The van der Waals surface area contributed by atoms with Gasteiger partial charge < -0.3 is 0 Å². The zero-order valence-electron chi connectivity index (χ0n) is 16.1. The SMILES string of the molecule is CC(CCl)CS(=O)(=O)C[Si](c1ccccc1)(c1ccccc1)C(C)(C)C. The minimum Gasteiger partial charge on any atom is -0.229 e. The summed E-state index contributed by atoms with van der Waals surface area (Å²) in [6, 6.07) is 20.4. The molecule has 0 amide bonds. The van der Waals surface area contributed by atoms with Crippen LogP contribution >= 0.6 is 11.6 Å². The van der Waals surface area contributed by atoms with Gasteiger partial charge >= 0.3 is 0 Å². The van der Waals surface area contributed by atoms with Crippen molar-refractivity contribution in [2.45, 2.75) is 32.7 Å². The lowest BCUT2D eigenvalue weighted by atomic mass is 10.2. The Morgan fingerprint density at radius 3 is 1.69 bits per heavy atom. The molecule has 0 heterocycles. The van der Waals surface area contributed by atoms with Gasteiger partial charge in [0.2, 0.25) is 0 Å². The molecular weight excluding hydrogens is 380 g/mol. The average Bonchev–Trinajstić information content (AvgIpc) is 2.59. The van der Waals surface area contributed by atoms with Crippen LogP contribution in [0.3, 0.4) is 0 Å². The second-order valence-corrected chi connectivity index (χ2v) is 16.0. The molecule has 0 aromatic heterocycles. The number of alkyl halides is 1. The summed E-state index contributed by atoms with van der Waals surface area (Å²) in [6.07, 6.45) is 0. The van der Waals surface area contributed by atoms with E-state index < -0.39 is 17.9 Å². The predicted octanol–water partition coefficient (Wildman–Crippen LogP) is 3.88. The fourth-order valence-electron chi connectivity index (χ4n) is 3.73. The third-order valence-corrected chi connectivity index (χ3v) is 15.3. The van der Waals surface area contributed by atoms with Gasteiger partial charge in [-0.15, -0.1) is 11.6 Å². The van der Waals surface area contributed by atoms with E-state index in [1.807, 2.05) is 43.3 Å². The molecule has 0 saturated carbocycles. The largest absolute Gasteiger partial charge is 0.229 e. The number of halogens is 1. The van der Waals surface area contributed by atoms with Gasteiger partial charge in [0.05, 0.1) is 11.1 Å². The van der Waals surface area contributed by atoms with Crippen LogP contribution in [0.2, 0.25) is 5.04 Å². The van der Waals surface area contributed by atoms with Crippen molar-refractivity contribution in [1.29, 1.82) is 0 Å². The lowest BCUT2D eigenvalue weighted by Gasteiger charge is -2.44. The number of sulfone groups is 1. The van der Waals surface area contributed by atoms with Crippen LogP contribution in [0.1, 0.15) is 27.7 Å². The molecule has 2 nitrogen and oxygen atoms in total. The minimum atomic E-state index is -3.25. The maximum Gasteiger partial charge on any atom is 0.148 e. The van der Waals surface area contributed by atoms with Gasteiger partial charge in [0.1, 0.15) is 17.9 Å². The number of benzene rings is 2. The standard InChI is InChI=1S/C21H29ClO2SSi/c1-18(15-22)16-25(23,24)17-26(21(2,3)4,19-11-7-5-8-12-19)20-13-9-6-10-14-20/h5-14,18H,15-17H2,1-4H3. The summed E-state index contributed by atoms with van der Waals surface area (Å²) in [4.78, 5) is 0. The van der Waals surface area contributed by atoms with Crippen LogP contribution in [0.25, 0.3) is 0 Å². The normalized spacial score (nSPS) is 14.2. The maximum atomic E-state index is 13.2. The van der Waals surface area contributed by atoms with Crippen LogP contribution in [0.15, 0.2) is 60.7 Å². The molecule has 0 aliphatic rings. The molecule has 0 fully saturated rings. The smallest absolute Gasteiger partial charge is 0.148 e. The van der Waals surface area contributed by atoms with Crippen molar-refractivity contribution in [3.63, 3.8) is 0 Å². The van der Waals surface area contributed by atoms with Crippen molar-refractivity contribution in [2.24, 2.45) is 5.92 Å². The van der Waals surface area contributed by atoms with E-state index in [1.165, 1.54) is 10.4 Å². The predicted molar refractivity (Wildman–Crippen MR) is 116 cm³/mol. The van der Waals surface area contributed by atoms with Gasteiger partial charge in [-0.3, -0.25) is 0 Å². The molecule has 1 atom stereocenters. The molecule has 0 aliphatic carbocycles. The summed E-state index contributed by atoms with van der Waals surface area (Å²) < 4.78 is 26.4. The number of hydrogen-bond acceptors (Lipinski definition) is 2. The summed E-state index contributed by atoms with van der Waals surface area (Å²) >= 11 is 5.90. The summed E-state index contributed by atoms with van der Waals surface area (Å²) in [5, 5.41) is 2.38. The van der Waals surface area contributed by atoms with Crippen molar-refractivity contribution in [1.82, 2.24) is 0 Å². The van der Waals surface area contributed by atoms with Gasteiger partial charge in [-0.1, -0.05) is 98.7 Å². The van der Waals surface area contributed by atoms with E-state index in [0.717, 1.165) is 0 Å². The van der Waals surface area contributed by atoms with Crippen LogP contribution in [0.5, 0.6) is 0 Å². The molecule has 2 aromatic carbocycles. The molecule has 2 aromatic rings. The van der Waals surface area contributed by atoms with Crippen LogP contribution in [-0.2, 0) is 9.84 Å². The van der Waals surface area contributed by atoms with Crippen LogP contribution in [0.4, 0.5) is 0 Å². The van der Waals surface area contributed by atoms with E-state index in [0.29, 0.717) is 5.88 Å². The van der Waals surface area contributed by atoms with E-state index in [-0.39, 0.29) is 22.1 Å². The highest BCUT2D eigenvalue weighted by atomic mass is 35.5. The van der Waals surface area contributed by atoms with Gasteiger partial charge in [-0.2, -0.15) is 0 Å². The molecule has 0 aliphatic heterocycles. The monoisotopic (exact) mass is 408 g/mol. The van der Waals surface area contributed by atoms with E-state index >= 15 is 0 Å². The first-order chi connectivity index (χ1) is 12.1. The molecule has 142 valence electrons. The second-order valence-electron chi connectivity index (χ2n) is 8.20. The van der Waals surface area contributed by atoms with Crippen molar-refractivity contribution in [3.8, 4) is 0 Å². The number of hydrogen-bond donors (Lipinski definition) is 0. The molecule has 1 unspecified atom stereocenters. The fraction of sp³-hybridized carbons (Fsp3) is 0.429. The van der Waals surface area contributed by atoms with Gasteiger partial charge in [0, 0.05) is 5.88 Å². The summed E-state index contributed by atoms with van der Waals surface area (Å²) in [5.74, 6) is 0.459. The van der Waals surface area contributed by atoms with Gasteiger partial charge in [0.15, 0.2) is 0 Å². The minimum absolute atomic E-state index is 0.0418. The van der Waals surface area contributed by atoms with E-state index in [4.69, 9.17) is 11.6 Å². The third-order valence-electron chi connectivity index (χ3n) is 5.05. The topological polar surface area (TPSA) is 34.1 Å². The van der Waals surface area contributed by atoms with Gasteiger partial charge in [-0.25, -0.2) is 8.42 Å². The Morgan fingerprint density at radius 2 is 1.35 bits per heavy atom. The Bertz CT molecular complexity index is 759. The summed E-state index contributed by atoms with van der Waals surface area (Å²) in [5.41, 5.74) is 0. The molecule has 0 bridgehead atoms. The van der Waals surface area contributed by atoms with Crippen LogP contribution in [-0.4, -0.2) is 33.5 Å². The fourth-order valence-corrected chi connectivity index (χ4v) is 14.7. The zero-order chi connectivity index (χ0) is 19.4. The van der Waals surface area contributed by atoms with E-state index in [9.17, 15) is 8.42 Å². The summed E-state index contributed by atoms with van der Waals surface area (Å²) in [6.45, 7) is 8.44. The quantitative estimate of drug-likeness (QED) is 0.514. The Kier molecular flexibility index (Phi) is 6.75. The van der Waals surface area contributed by atoms with Crippen LogP contribution < -0.4 is 10.4 Å². The average molecular weight is 409 g/mol. The van der Waals surface area contributed by atoms with E-state index in [2.05, 4.69) is 45.0 Å². The molecule has 5 heteroatoms. The molecule has 0 N–H and O–H groups in total. The van der Waals surface area contributed by atoms with Crippen LogP contribution in [0, 0.1) is 5.92 Å². The van der Waals surface area contributed by atoms with Crippen molar-refractivity contribution in [3.05, 3.63) is 60.7 Å². The van der Waals surface area contributed by atoms with Gasteiger partial charge in [0.25, 0.3) is 0 Å². The van der Waals surface area contributed by atoms with Gasteiger partial charge in [-0.05, 0) is 11.0 Å². The molecule has 0 saturated heterocycles. The first kappa shape index (κ1) is 21.2. The van der Waals surface area contributed by atoms with Crippen molar-refractivity contribution >= 4 is 39.9 Å². The Morgan fingerprint density at radius 1 is 0.923 bits per heavy atom. The van der Waals surface area contributed by atoms with Crippen molar-refractivity contribution in [2.75, 3.05) is 17.0 Å².